The molecule has 0 spiro atoms. The highest BCUT2D eigenvalue weighted by atomic mass is 16.6. The summed E-state index contributed by atoms with van der Waals surface area (Å²) in [4.78, 5) is 16.7. The highest BCUT2D eigenvalue weighted by Gasteiger charge is 2.27. The van der Waals surface area contributed by atoms with E-state index in [1.807, 2.05) is 0 Å². The van der Waals surface area contributed by atoms with Gasteiger partial charge in [0.15, 0.2) is 11.6 Å². The molecule has 0 aromatic carbocycles. The SMILES string of the molecule is c1nc(-n2cnnn2)cnc1C1CO1.c1nc(-n2cnnn2)cnc1C1CO1. The molecule has 2 unspecified atom stereocenters. The first kappa shape index (κ1) is 16.4. The topological polar surface area (TPSA) is 164 Å². The van der Waals surface area contributed by atoms with Gasteiger partial charge < -0.3 is 9.47 Å². The number of ether oxygens (including phenoxy) is 2. The maximum Gasteiger partial charge on any atom is 0.175 e. The van der Waals surface area contributed by atoms with E-state index in [0.29, 0.717) is 11.6 Å². The van der Waals surface area contributed by atoms with E-state index in [4.69, 9.17) is 9.47 Å². The average molecular weight is 380 g/mol. The van der Waals surface area contributed by atoms with Crippen molar-refractivity contribution in [3.63, 3.8) is 0 Å². The third kappa shape index (κ3) is 3.67. The number of rotatable bonds is 4. The zero-order valence-corrected chi connectivity index (χ0v) is 14.2. The summed E-state index contributed by atoms with van der Waals surface area (Å²) >= 11 is 0. The van der Waals surface area contributed by atoms with Crippen molar-refractivity contribution in [1.29, 1.82) is 0 Å². The van der Waals surface area contributed by atoms with Crippen molar-refractivity contribution >= 4 is 0 Å². The molecular formula is C14H12N12O2. The van der Waals surface area contributed by atoms with Gasteiger partial charge in [0.25, 0.3) is 0 Å². The predicted octanol–water partition coefficient (Wildman–Crippen LogP) is -0.953. The molecule has 2 fully saturated rings. The van der Waals surface area contributed by atoms with Gasteiger partial charge in [0, 0.05) is 0 Å². The normalized spacial score (nSPS) is 19.6. The van der Waals surface area contributed by atoms with Gasteiger partial charge in [-0.05, 0) is 20.9 Å². The van der Waals surface area contributed by atoms with Gasteiger partial charge in [0.05, 0.1) is 49.4 Å². The molecule has 2 saturated heterocycles. The molecule has 2 aliphatic rings. The average Bonchev–Trinajstić information content (AvgIpc) is 3.67. The van der Waals surface area contributed by atoms with Crippen molar-refractivity contribution in [3.05, 3.63) is 48.8 Å². The van der Waals surface area contributed by atoms with E-state index in [0.717, 1.165) is 24.6 Å². The Morgan fingerprint density at radius 2 is 1.14 bits per heavy atom. The lowest BCUT2D eigenvalue weighted by atomic mass is 10.3. The van der Waals surface area contributed by atoms with Crippen LogP contribution in [0.2, 0.25) is 0 Å². The van der Waals surface area contributed by atoms with Gasteiger partial charge in [-0.3, -0.25) is 9.97 Å². The molecule has 4 aromatic rings. The van der Waals surface area contributed by atoms with Crippen LogP contribution in [0, 0.1) is 0 Å². The predicted molar refractivity (Wildman–Crippen MR) is 86.9 cm³/mol. The van der Waals surface area contributed by atoms with Gasteiger partial charge >= 0.3 is 0 Å². The van der Waals surface area contributed by atoms with Crippen LogP contribution in [0.25, 0.3) is 11.6 Å². The molecule has 0 radical (unpaired) electrons. The van der Waals surface area contributed by atoms with E-state index in [9.17, 15) is 0 Å². The fourth-order valence-electron chi connectivity index (χ4n) is 2.20. The fourth-order valence-corrected chi connectivity index (χ4v) is 2.20. The van der Waals surface area contributed by atoms with Gasteiger partial charge in [-0.15, -0.1) is 10.2 Å². The second kappa shape index (κ2) is 7.09. The molecule has 0 aliphatic carbocycles. The quantitative estimate of drug-likeness (QED) is 0.399. The first-order valence-corrected chi connectivity index (χ1v) is 8.20. The van der Waals surface area contributed by atoms with Gasteiger partial charge in [0.1, 0.15) is 24.9 Å². The van der Waals surface area contributed by atoms with Crippen LogP contribution in [0.5, 0.6) is 0 Å². The first-order chi connectivity index (χ1) is 13.9. The third-order valence-corrected chi connectivity index (χ3v) is 3.81. The van der Waals surface area contributed by atoms with E-state index in [1.54, 1.807) is 24.8 Å². The van der Waals surface area contributed by atoms with E-state index in [1.165, 1.54) is 22.0 Å². The summed E-state index contributed by atoms with van der Waals surface area (Å²) in [6.45, 7) is 1.47. The molecule has 2 atom stereocenters. The summed E-state index contributed by atoms with van der Waals surface area (Å²) in [6.07, 6.45) is 9.79. The van der Waals surface area contributed by atoms with Crippen LogP contribution in [0.15, 0.2) is 37.4 Å². The highest BCUT2D eigenvalue weighted by Crippen LogP contribution is 2.27. The smallest absolute Gasteiger partial charge is 0.175 e. The van der Waals surface area contributed by atoms with Crippen molar-refractivity contribution in [2.45, 2.75) is 12.2 Å². The van der Waals surface area contributed by atoms with E-state index >= 15 is 0 Å². The highest BCUT2D eigenvalue weighted by molar-refractivity contribution is 5.18. The Morgan fingerprint density at radius 3 is 1.43 bits per heavy atom. The Hall–Kier alpha value is -3.78. The largest absolute Gasteiger partial charge is 0.366 e. The molecule has 14 heteroatoms. The van der Waals surface area contributed by atoms with Crippen LogP contribution in [0.4, 0.5) is 0 Å². The molecule has 0 bridgehead atoms. The molecule has 6 heterocycles. The van der Waals surface area contributed by atoms with Crippen LogP contribution in [0.3, 0.4) is 0 Å². The van der Waals surface area contributed by atoms with Crippen LogP contribution in [-0.2, 0) is 9.47 Å². The lowest BCUT2D eigenvalue weighted by molar-refractivity contribution is 0.410. The van der Waals surface area contributed by atoms with Gasteiger partial charge in [0.2, 0.25) is 0 Å². The molecule has 4 aromatic heterocycles. The number of epoxide rings is 2. The Labute approximate surface area is 156 Å². The Bertz CT molecular complexity index is 926. The number of nitrogens with zero attached hydrogens (tertiary/aromatic N) is 12. The monoisotopic (exact) mass is 380 g/mol. The van der Waals surface area contributed by atoms with Crippen LogP contribution in [0.1, 0.15) is 23.6 Å². The van der Waals surface area contributed by atoms with E-state index < -0.39 is 0 Å². The number of aromatic nitrogens is 12. The Kier molecular flexibility index (Phi) is 4.15. The second-order valence-corrected chi connectivity index (χ2v) is 5.75. The summed E-state index contributed by atoms with van der Waals surface area (Å²) in [7, 11) is 0. The molecular weight excluding hydrogens is 368 g/mol. The Morgan fingerprint density at radius 1 is 0.679 bits per heavy atom. The maximum atomic E-state index is 5.08. The van der Waals surface area contributed by atoms with Gasteiger partial charge in [-0.1, -0.05) is 0 Å². The minimum Gasteiger partial charge on any atom is -0.366 e. The van der Waals surface area contributed by atoms with Crippen molar-refractivity contribution in [1.82, 2.24) is 60.4 Å². The maximum absolute atomic E-state index is 5.08. The molecule has 2 aliphatic heterocycles. The first-order valence-electron chi connectivity index (χ1n) is 8.20. The third-order valence-electron chi connectivity index (χ3n) is 3.81. The molecule has 0 amide bonds. The van der Waals surface area contributed by atoms with E-state index in [-0.39, 0.29) is 12.2 Å². The van der Waals surface area contributed by atoms with Crippen molar-refractivity contribution in [2.75, 3.05) is 13.2 Å². The van der Waals surface area contributed by atoms with Crippen molar-refractivity contribution in [3.8, 4) is 11.6 Å². The number of tetrazole rings is 2. The molecule has 0 N–H and O–H groups in total. The lowest BCUT2D eigenvalue weighted by Gasteiger charge is -1.97. The molecule has 140 valence electrons. The van der Waals surface area contributed by atoms with Crippen LogP contribution < -0.4 is 0 Å². The summed E-state index contributed by atoms with van der Waals surface area (Å²) in [6, 6.07) is 0. The number of hydrogen-bond acceptors (Lipinski definition) is 12. The summed E-state index contributed by atoms with van der Waals surface area (Å²) in [5, 5.41) is 21.4. The van der Waals surface area contributed by atoms with Crippen molar-refractivity contribution in [2.24, 2.45) is 0 Å². The van der Waals surface area contributed by atoms with Crippen LogP contribution >= 0.6 is 0 Å². The Balaban J connectivity index is 0.000000122. The molecule has 0 saturated carbocycles. The summed E-state index contributed by atoms with van der Waals surface area (Å²) in [5.41, 5.74) is 1.70. The molecule has 6 rings (SSSR count). The van der Waals surface area contributed by atoms with E-state index in [2.05, 4.69) is 51.0 Å². The fraction of sp³-hybridized carbons (Fsp3) is 0.286. The van der Waals surface area contributed by atoms with Crippen molar-refractivity contribution < 1.29 is 9.47 Å². The zero-order valence-electron chi connectivity index (χ0n) is 14.2. The summed E-state index contributed by atoms with van der Waals surface area (Å²) in [5.74, 6) is 1.19. The number of hydrogen-bond donors (Lipinski definition) is 0. The minimum atomic E-state index is 0.130. The molecule has 28 heavy (non-hydrogen) atoms. The lowest BCUT2D eigenvalue weighted by Crippen LogP contribution is -2.00. The minimum absolute atomic E-state index is 0.130. The second-order valence-electron chi connectivity index (χ2n) is 5.75. The zero-order chi connectivity index (χ0) is 18.8. The van der Waals surface area contributed by atoms with Gasteiger partial charge in [-0.25, -0.2) is 9.97 Å². The van der Waals surface area contributed by atoms with Crippen LogP contribution in [-0.4, -0.2) is 73.6 Å². The van der Waals surface area contributed by atoms with Gasteiger partial charge in [-0.2, -0.15) is 9.36 Å². The molecule has 14 nitrogen and oxygen atoms in total. The standard InChI is InChI=1S/2C7H6N6O/c2*1-5(6-3-14-6)8-2-7(9-1)13-4-10-11-12-13/h2*1-2,4,6H,3H2. The summed E-state index contributed by atoms with van der Waals surface area (Å²) < 4.78 is 13.0.